The molecule has 0 saturated heterocycles. The highest BCUT2D eigenvalue weighted by Crippen LogP contribution is 2.46. The van der Waals surface area contributed by atoms with Crippen molar-refractivity contribution in [2.75, 3.05) is 7.05 Å². The lowest BCUT2D eigenvalue weighted by Crippen LogP contribution is -2.37. The van der Waals surface area contributed by atoms with Gasteiger partial charge in [-0.25, -0.2) is 4.39 Å². The monoisotopic (exact) mass is 263 g/mol. The summed E-state index contributed by atoms with van der Waals surface area (Å²) in [6.45, 7) is 6.59. The normalized spacial score (nSPS) is 24.2. The summed E-state index contributed by atoms with van der Waals surface area (Å²) in [7, 11) is 2.02. The van der Waals surface area contributed by atoms with Crippen LogP contribution in [0.5, 0.6) is 0 Å². The van der Waals surface area contributed by atoms with E-state index in [2.05, 4.69) is 19.2 Å². The van der Waals surface area contributed by atoms with E-state index in [0.717, 1.165) is 5.56 Å². The highest BCUT2D eigenvalue weighted by molar-refractivity contribution is 5.27. The minimum Gasteiger partial charge on any atom is -0.313 e. The zero-order valence-electron chi connectivity index (χ0n) is 12.6. The van der Waals surface area contributed by atoms with E-state index in [1.54, 1.807) is 6.07 Å². The van der Waals surface area contributed by atoms with Crippen LogP contribution in [-0.2, 0) is 0 Å². The zero-order valence-corrected chi connectivity index (χ0v) is 12.6. The van der Waals surface area contributed by atoms with E-state index >= 15 is 0 Å². The first-order valence-electron chi connectivity index (χ1n) is 7.39. The van der Waals surface area contributed by atoms with E-state index in [4.69, 9.17) is 0 Å². The van der Waals surface area contributed by atoms with Gasteiger partial charge in [0.1, 0.15) is 5.82 Å². The minimum absolute atomic E-state index is 0.110. The van der Waals surface area contributed by atoms with Gasteiger partial charge >= 0.3 is 0 Å². The maximum atomic E-state index is 13.4. The lowest BCUT2D eigenvalue weighted by atomic mass is 9.65. The molecule has 0 amide bonds. The molecule has 0 bridgehead atoms. The number of hydrogen-bond donors (Lipinski definition) is 1. The van der Waals surface area contributed by atoms with Crippen LogP contribution in [0.2, 0.25) is 0 Å². The lowest BCUT2D eigenvalue weighted by Gasteiger charge is -2.43. The van der Waals surface area contributed by atoms with Crippen molar-refractivity contribution in [3.8, 4) is 0 Å². The maximum absolute atomic E-state index is 13.4. The Balaban J connectivity index is 2.30. The highest BCUT2D eigenvalue weighted by Gasteiger charge is 2.37. The third-order valence-corrected chi connectivity index (χ3v) is 4.84. The molecule has 1 saturated carbocycles. The van der Waals surface area contributed by atoms with Crippen molar-refractivity contribution in [1.82, 2.24) is 5.32 Å². The van der Waals surface area contributed by atoms with Gasteiger partial charge in [0.25, 0.3) is 0 Å². The SMILES string of the molecule is CNC(c1ccc(F)c(C)c1)C1CCCCC1(C)C. The summed E-state index contributed by atoms with van der Waals surface area (Å²) in [4.78, 5) is 0. The van der Waals surface area contributed by atoms with Crippen LogP contribution in [0, 0.1) is 24.1 Å². The summed E-state index contributed by atoms with van der Waals surface area (Å²) in [5, 5.41) is 3.47. The molecule has 2 atom stereocenters. The van der Waals surface area contributed by atoms with Gasteiger partial charge in [-0.1, -0.05) is 38.8 Å². The number of rotatable bonds is 3. The maximum Gasteiger partial charge on any atom is 0.126 e. The Bertz CT molecular complexity index is 439. The van der Waals surface area contributed by atoms with Crippen LogP contribution in [0.3, 0.4) is 0 Å². The van der Waals surface area contributed by atoms with Crippen LogP contribution >= 0.6 is 0 Å². The Morgan fingerprint density at radius 1 is 1.32 bits per heavy atom. The second kappa shape index (κ2) is 5.62. The molecule has 1 fully saturated rings. The Kier molecular flexibility index (Phi) is 4.29. The van der Waals surface area contributed by atoms with E-state index in [1.807, 2.05) is 26.1 Å². The number of aryl methyl sites for hydroxylation is 1. The molecule has 0 radical (unpaired) electrons. The molecule has 1 aromatic rings. The smallest absolute Gasteiger partial charge is 0.126 e. The van der Waals surface area contributed by atoms with Crippen molar-refractivity contribution in [3.05, 3.63) is 35.1 Å². The van der Waals surface area contributed by atoms with Gasteiger partial charge in [0, 0.05) is 6.04 Å². The van der Waals surface area contributed by atoms with Gasteiger partial charge in [0.15, 0.2) is 0 Å². The predicted molar refractivity (Wildman–Crippen MR) is 78.7 cm³/mol. The molecule has 106 valence electrons. The van der Waals surface area contributed by atoms with E-state index < -0.39 is 0 Å². The minimum atomic E-state index is -0.110. The molecule has 2 rings (SSSR count). The quantitative estimate of drug-likeness (QED) is 0.839. The molecule has 0 spiro atoms. The third-order valence-electron chi connectivity index (χ3n) is 4.84. The van der Waals surface area contributed by atoms with Crippen molar-refractivity contribution in [2.45, 2.75) is 52.5 Å². The van der Waals surface area contributed by atoms with Gasteiger partial charge in [0.05, 0.1) is 0 Å². The zero-order chi connectivity index (χ0) is 14.0. The highest BCUT2D eigenvalue weighted by atomic mass is 19.1. The second-order valence-corrected chi connectivity index (χ2v) is 6.62. The van der Waals surface area contributed by atoms with Crippen molar-refractivity contribution in [3.63, 3.8) is 0 Å². The molecular formula is C17H26FN. The van der Waals surface area contributed by atoms with Gasteiger partial charge in [-0.15, -0.1) is 0 Å². The summed E-state index contributed by atoms with van der Waals surface area (Å²) in [6, 6.07) is 5.87. The molecule has 1 nitrogen and oxygen atoms in total. The largest absolute Gasteiger partial charge is 0.313 e. The molecule has 1 N–H and O–H groups in total. The summed E-state index contributed by atoms with van der Waals surface area (Å²) in [5.74, 6) is 0.512. The number of hydrogen-bond acceptors (Lipinski definition) is 1. The molecule has 1 aliphatic carbocycles. The molecule has 1 aromatic carbocycles. The van der Waals surface area contributed by atoms with Crippen LogP contribution in [0.25, 0.3) is 0 Å². The summed E-state index contributed by atoms with van der Waals surface area (Å²) < 4.78 is 13.4. The fraction of sp³-hybridized carbons (Fsp3) is 0.647. The Morgan fingerprint density at radius 2 is 2.05 bits per heavy atom. The second-order valence-electron chi connectivity index (χ2n) is 6.62. The van der Waals surface area contributed by atoms with Crippen molar-refractivity contribution in [1.29, 1.82) is 0 Å². The van der Waals surface area contributed by atoms with Crippen LogP contribution in [-0.4, -0.2) is 7.05 Å². The molecule has 2 unspecified atom stereocenters. The first-order chi connectivity index (χ1) is 8.95. The standard InChI is InChI=1S/C17H26FN/c1-12-11-13(8-9-15(12)18)16(19-4)14-7-5-6-10-17(14,2)3/h8-9,11,14,16,19H,5-7,10H2,1-4H3. The number of benzene rings is 1. The predicted octanol–water partition coefficient (Wildman–Crippen LogP) is 4.61. The van der Waals surface area contributed by atoms with E-state index in [9.17, 15) is 4.39 Å². The Labute approximate surface area is 116 Å². The van der Waals surface area contributed by atoms with Gasteiger partial charge in [-0.3, -0.25) is 0 Å². The van der Waals surface area contributed by atoms with Crippen LogP contribution < -0.4 is 5.32 Å². The van der Waals surface area contributed by atoms with Crippen LogP contribution in [0.15, 0.2) is 18.2 Å². The van der Waals surface area contributed by atoms with Crippen molar-refractivity contribution < 1.29 is 4.39 Å². The summed E-state index contributed by atoms with van der Waals surface area (Å²) in [6.07, 6.45) is 5.19. The van der Waals surface area contributed by atoms with Crippen LogP contribution in [0.1, 0.15) is 56.7 Å². The average molecular weight is 263 g/mol. The topological polar surface area (TPSA) is 12.0 Å². The molecule has 2 heteroatoms. The lowest BCUT2D eigenvalue weighted by molar-refractivity contribution is 0.101. The fourth-order valence-electron chi connectivity index (χ4n) is 3.60. The number of nitrogens with one attached hydrogen (secondary N) is 1. The van der Waals surface area contributed by atoms with Gasteiger partial charge in [-0.2, -0.15) is 0 Å². The average Bonchev–Trinajstić information content (AvgIpc) is 2.36. The van der Waals surface area contributed by atoms with Gasteiger partial charge in [0.2, 0.25) is 0 Å². The summed E-state index contributed by atoms with van der Waals surface area (Å²) >= 11 is 0. The van der Waals surface area contributed by atoms with Crippen LogP contribution in [0.4, 0.5) is 4.39 Å². The first kappa shape index (κ1) is 14.5. The van der Waals surface area contributed by atoms with E-state index in [-0.39, 0.29) is 5.82 Å². The molecular weight excluding hydrogens is 237 g/mol. The molecule has 0 aromatic heterocycles. The molecule has 19 heavy (non-hydrogen) atoms. The molecule has 0 aliphatic heterocycles. The van der Waals surface area contributed by atoms with Crippen molar-refractivity contribution >= 4 is 0 Å². The van der Waals surface area contributed by atoms with E-state index in [0.29, 0.717) is 17.4 Å². The molecule has 1 aliphatic rings. The third kappa shape index (κ3) is 3.00. The van der Waals surface area contributed by atoms with E-state index in [1.165, 1.54) is 31.2 Å². The summed E-state index contributed by atoms with van der Waals surface area (Å²) in [5.41, 5.74) is 2.32. The number of halogens is 1. The van der Waals surface area contributed by atoms with Crippen molar-refractivity contribution in [2.24, 2.45) is 11.3 Å². The fourth-order valence-corrected chi connectivity index (χ4v) is 3.60. The molecule has 0 heterocycles. The first-order valence-corrected chi connectivity index (χ1v) is 7.39. The Morgan fingerprint density at radius 3 is 2.63 bits per heavy atom. The van der Waals surface area contributed by atoms with Gasteiger partial charge < -0.3 is 5.32 Å². The Hall–Kier alpha value is -0.890. The van der Waals surface area contributed by atoms with Gasteiger partial charge in [-0.05, 0) is 55.3 Å².